The zero-order valence-corrected chi connectivity index (χ0v) is 14.1. The molecule has 0 fully saturated rings. The molecule has 0 unspecified atom stereocenters. The van der Waals surface area contributed by atoms with Gasteiger partial charge in [-0.15, -0.1) is 12.6 Å². The van der Waals surface area contributed by atoms with E-state index in [0.717, 1.165) is 0 Å². The molecule has 0 aliphatic heterocycles. The van der Waals surface area contributed by atoms with Gasteiger partial charge in [0.1, 0.15) is 0 Å². The highest BCUT2D eigenvalue weighted by Crippen LogP contribution is 2.20. The summed E-state index contributed by atoms with van der Waals surface area (Å²) in [6.07, 6.45) is 0.274. The number of hydrogen-bond donors (Lipinski definition) is 3. The fourth-order valence-electron chi connectivity index (χ4n) is 1.48. The molecule has 110 valence electrons. The van der Waals surface area contributed by atoms with Crippen LogP contribution in [0.2, 0.25) is 0 Å². The summed E-state index contributed by atoms with van der Waals surface area (Å²) in [6, 6.07) is 5.25. The summed E-state index contributed by atoms with van der Waals surface area (Å²) >= 11 is 7.52. The van der Waals surface area contributed by atoms with Crippen molar-refractivity contribution in [1.29, 1.82) is 0 Å². The van der Waals surface area contributed by atoms with E-state index in [1.165, 1.54) is 0 Å². The Balaban J connectivity index is 2.40. The summed E-state index contributed by atoms with van der Waals surface area (Å²) in [5.74, 6) is 0.146. The molecule has 0 bridgehead atoms. The van der Waals surface area contributed by atoms with E-state index in [-0.39, 0.29) is 18.2 Å². The van der Waals surface area contributed by atoms with Crippen molar-refractivity contribution < 1.29 is 9.59 Å². The summed E-state index contributed by atoms with van der Waals surface area (Å²) in [5, 5.41) is 5.53. The first-order chi connectivity index (χ1) is 9.40. The van der Waals surface area contributed by atoms with Gasteiger partial charge in [0.15, 0.2) is 0 Å². The predicted octanol–water partition coefficient (Wildman–Crippen LogP) is 2.63. The standard InChI is InChI=1S/C14H19BrN2O2S/c1-9(2)8-17-13(18)5-6-16-14(19)11-7-10(20)3-4-12(11)15/h3-4,7,9,20H,5-6,8H2,1-2H3,(H,16,19)(H,17,18). The molecule has 0 atom stereocenters. The second-order valence-corrected chi connectivity index (χ2v) is 6.24. The highest BCUT2D eigenvalue weighted by molar-refractivity contribution is 9.10. The number of halogens is 1. The minimum atomic E-state index is -0.218. The summed E-state index contributed by atoms with van der Waals surface area (Å²) in [6.45, 7) is 5.03. The maximum atomic E-state index is 12.0. The number of carbonyl (C=O) groups excluding carboxylic acids is 2. The van der Waals surface area contributed by atoms with Crippen LogP contribution in [0.5, 0.6) is 0 Å². The van der Waals surface area contributed by atoms with Gasteiger partial charge in [0.05, 0.1) is 5.56 Å². The first-order valence-corrected chi connectivity index (χ1v) is 7.67. The zero-order chi connectivity index (χ0) is 15.1. The molecule has 1 aromatic carbocycles. The lowest BCUT2D eigenvalue weighted by Crippen LogP contribution is -2.32. The smallest absolute Gasteiger partial charge is 0.252 e. The average molecular weight is 359 g/mol. The minimum Gasteiger partial charge on any atom is -0.356 e. The number of hydrogen-bond acceptors (Lipinski definition) is 3. The van der Waals surface area contributed by atoms with Crippen LogP contribution < -0.4 is 10.6 Å². The van der Waals surface area contributed by atoms with Crippen molar-refractivity contribution in [2.75, 3.05) is 13.1 Å². The van der Waals surface area contributed by atoms with E-state index in [0.29, 0.717) is 33.9 Å². The molecule has 0 saturated carbocycles. The van der Waals surface area contributed by atoms with Crippen LogP contribution in [0, 0.1) is 5.92 Å². The third-order valence-electron chi connectivity index (χ3n) is 2.54. The van der Waals surface area contributed by atoms with E-state index in [1.807, 2.05) is 13.8 Å². The van der Waals surface area contributed by atoms with Crippen LogP contribution in [0.3, 0.4) is 0 Å². The van der Waals surface area contributed by atoms with Crippen molar-refractivity contribution in [3.63, 3.8) is 0 Å². The van der Waals surface area contributed by atoms with Crippen molar-refractivity contribution >= 4 is 40.4 Å². The lowest BCUT2D eigenvalue weighted by molar-refractivity contribution is -0.121. The number of nitrogens with one attached hydrogen (secondary N) is 2. The number of rotatable bonds is 6. The average Bonchev–Trinajstić information content (AvgIpc) is 2.39. The second-order valence-electron chi connectivity index (χ2n) is 4.87. The topological polar surface area (TPSA) is 58.2 Å². The molecule has 0 heterocycles. The SMILES string of the molecule is CC(C)CNC(=O)CCNC(=O)c1cc(S)ccc1Br. The van der Waals surface area contributed by atoms with E-state index in [4.69, 9.17) is 0 Å². The largest absolute Gasteiger partial charge is 0.356 e. The second kappa shape index (κ2) is 8.32. The third kappa shape index (κ3) is 5.96. The van der Waals surface area contributed by atoms with Crippen LogP contribution in [0.15, 0.2) is 27.6 Å². The quantitative estimate of drug-likeness (QED) is 0.684. The summed E-state index contributed by atoms with van der Waals surface area (Å²) in [4.78, 5) is 24.2. The van der Waals surface area contributed by atoms with E-state index >= 15 is 0 Å². The fourth-order valence-corrected chi connectivity index (χ4v) is 2.11. The van der Waals surface area contributed by atoms with Crippen molar-refractivity contribution in [3.8, 4) is 0 Å². The Labute approximate surface area is 133 Å². The lowest BCUT2D eigenvalue weighted by atomic mass is 10.2. The monoisotopic (exact) mass is 358 g/mol. The van der Waals surface area contributed by atoms with E-state index in [2.05, 4.69) is 39.2 Å². The van der Waals surface area contributed by atoms with Crippen LogP contribution in [0.25, 0.3) is 0 Å². The van der Waals surface area contributed by atoms with Crippen molar-refractivity contribution in [2.45, 2.75) is 25.2 Å². The summed E-state index contributed by atoms with van der Waals surface area (Å²) in [7, 11) is 0. The number of benzene rings is 1. The van der Waals surface area contributed by atoms with E-state index < -0.39 is 0 Å². The molecule has 2 amide bonds. The van der Waals surface area contributed by atoms with Gasteiger partial charge in [-0.05, 0) is 40.0 Å². The van der Waals surface area contributed by atoms with Crippen LogP contribution in [0.4, 0.5) is 0 Å². The normalized spacial score (nSPS) is 10.4. The van der Waals surface area contributed by atoms with E-state index in [1.54, 1.807) is 18.2 Å². The Morgan fingerprint density at radius 1 is 1.30 bits per heavy atom. The molecule has 2 N–H and O–H groups in total. The molecule has 0 spiro atoms. The van der Waals surface area contributed by atoms with Gasteiger partial charge in [-0.2, -0.15) is 0 Å². The fraction of sp³-hybridized carbons (Fsp3) is 0.429. The van der Waals surface area contributed by atoms with Crippen LogP contribution in [-0.4, -0.2) is 24.9 Å². The molecule has 0 saturated heterocycles. The van der Waals surface area contributed by atoms with Crippen LogP contribution in [-0.2, 0) is 4.79 Å². The van der Waals surface area contributed by atoms with Crippen molar-refractivity contribution in [1.82, 2.24) is 10.6 Å². The van der Waals surface area contributed by atoms with Gasteiger partial charge in [0, 0.05) is 28.9 Å². The van der Waals surface area contributed by atoms with Gasteiger partial charge in [0.2, 0.25) is 5.91 Å². The Kier molecular flexibility index (Phi) is 7.09. The van der Waals surface area contributed by atoms with Gasteiger partial charge < -0.3 is 10.6 Å². The number of carbonyl (C=O) groups is 2. The molecule has 0 aliphatic carbocycles. The summed E-state index contributed by atoms with van der Waals surface area (Å²) < 4.78 is 0.706. The zero-order valence-electron chi connectivity index (χ0n) is 11.6. The molecule has 0 aromatic heterocycles. The maximum absolute atomic E-state index is 12.0. The highest BCUT2D eigenvalue weighted by Gasteiger charge is 2.10. The van der Waals surface area contributed by atoms with E-state index in [9.17, 15) is 9.59 Å². The molecule has 20 heavy (non-hydrogen) atoms. The van der Waals surface area contributed by atoms with Crippen LogP contribution >= 0.6 is 28.6 Å². The van der Waals surface area contributed by atoms with Gasteiger partial charge in [-0.3, -0.25) is 9.59 Å². The maximum Gasteiger partial charge on any atom is 0.252 e. The summed E-state index contributed by atoms with van der Waals surface area (Å²) in [5.41, 5.74) is 0.514. The molecular formula is C14H19BrN2O2S. The van der Waals surface area contributed by atoms with Crippen LogP contribution in [0.1, 0.15) is 30.6 Å². The molecule has 4 nitrogen and oxygen atoms in total. The van der Waals surface area contributed by atoms with Gasteiger partial charge in [-0.1, -0.05) is 13.8 Å². The lowest BCUT2D eigenvalue weighted by Gasteiger charge is -2.09. The van der Waals surface area contributed by atoms with Crippen molar-refractivity contribution in [2.24, 2.45) is 5.92 Å². The van der Waals surface area contributed by atoms with Gasteiger partial charge in [-0.25, -0.2) is 0 Å². The molecular weight excluding hydrogens is 340 g/mol. The first-order valence-electron chi connectivity index (χ1n) is 6.43. The number of thiol groups is 1. The molecule has 6 heteroatoms. The Morgan fingerprint density at radius 3 is 2.65 bits per heavy atom. The number of amides is 2. The van der Waals surface area contributed by atoms with Gasteiger partial charge >= 0.3 is 0 Å². The molecule has 0 radical (unpaired) electrons. The third-order valence-corrected chi connectivity index (χ3v) is 3.51. The Bertz CT molecular complexity index is 492. The highest BCUT2D eigenvalue weighted by atomic mass is 79.9. The predicted molar refractivity (Wildman–Crippen MR) is 86.2 cm³/mol. The Morgan fingerprint density at radius 2 is 2.00 bits per heavy atom. The molecule has 1 aromatic rings. The Hall–Kier alpha value is -1.01. The minimum absolute atomic E-state index is 0.0546. The first kappa shape index (κ1) is 17.0. The van der Waals surface area contributed by atoms with Gasteiger partial charge in [0.25, 0.3) is 5.91 Å². The van der Waals surface area contributed by atoms with Crippen molar-refractivity contribution in [3.05, 3.63) is 28.2 Å². The molecule has 1 rings (SSSR count). The molecule has 0 aliphatic rings.